The van der Waals surface area contributed by atoms with E-state index in [2.05, 4.69) is 31.5 Å². The van der Waals surface area contributed by atoms with Crippen LogP contribution in [0.1, 0.15) is 15.9 Å². The maximum absolute atomic E-state index is 12.5. The lowest BCUT2D eigenvalue weighted by molar-refractivity contribution is 0.0977. The lowest BCUT2D eigenvalue weighted by Gasteiger charge is -2.11. The van der Waals surface area contributed by atoms with Crippen molar-refractivity contribution in [2.24, 2.45) is 0 Å². The number of fused-ring (bicyclic) bond motifs is 1. The largest absolute Gasteiger partial charge is 0.507 e. The Balaban J connectivity index is 1.51. The van der Waals surface area contributed by atoms with Gasteiger partial charge < -0.3 is 19.6 Å². The van der Waals surface area contributed by atoms with Crippen molar-refractivity contribution in [2.45, 2.75) is 6.92 Å². The maximum atomic E-state index is 12.5. The number of aromatic nitrogens is 1. The average Bonchev–Trinajstić information content (AvgIpc) is 3.17. The van der Waals surface area contributed by atoms with E-state index < -0.39 is 0 Å². The highest BCUT2D eigenvalue weighted by molar-refractivity contribution is 9.10. The van der Waals surface area contributed by atoms with Crippen molar-refractivity contribution in [2.75, 3.05) is 12.4 Å². The Hall–Kier alpha value is -3.43. The Kier molecular flexibility index (Phi) is 6.11. The Morgan fingerprint density at radius 2 is 1.97 bits per heavy atom. The molecule has 0 aliphatic heterocycles. The standard InChI is InChI=1S/C23H18BrN3O4S/c1-12-3-6-17-20(9-12)31-22(26-17)15-11-14(5-7-18(15)28)25-23(32)27-21(29)13-4-8-19(30-2)16(24)10-13/h3-11,28H,1-2H3,(H2,25,27,29,32). The third-order valence-electron chi connectivity index (χ3n) is 4.67. The highest BCUT2D eigenvalue weighted by Crippen LogP contribution is 2.33. The molecule has 32 heavy (non-hydrogen) atoms. The number of oxazole rings is 1. The molecule has 4 rings (SSSR count). The van der Waals surface area contributed by atoms with Crippen LogP contribution in [0.2, 0.25) is 0 Å². The second-order valence-electron chi connectivity index (χ2n) is 6.98. The lowest BCUT2D eigenvalue weighted by Crippen LogP contribution is -2.34. The molecule has 1 amide bonds. The monoisotopic (exact) mass is 511 g/mol. The number of aromatic hydroxyl groups is 1. The molecule has 0 aliphatic rings. The van der Waals surface area contributed by atoms with E-state index in [0.717, 1.165) is 5.56 Å². The van der Waals surface area contributed by atoms with E-state index >= 15 is 0 Å². The van der Waals surface area contributed by atoms with Crippen molar-refractivity contribution >= 4 is 56.0 Å². The smallest absolute Gasteiger partial charge is 0.257 e. The number of carbonyl (C=O) groups is 1. The van der Waals surface area contributed by atoms with Gasteiger partial charge in [-0.25, -0.2) is 4.98 Å². The molecule has 9 heteroatoms. The van der Waals surface area contributed by atoms with E-state index in [4.69, 9.17) is 21.4 Å². The lowest BCUT2D eigenvalue weighted by atomic mass is 10.1. The minimum atomic E-state index is -0.376. The first kappa shape index (κ1) is 21.8. The number of aryl methyl sites for hydroxylation is 1. The zero-order valence-electron chi connectivity index (χ0n) is 17.1. The molecular formula is C23H18BrN3O4S. The van der Waals surface area contributed by atoms with Crippen LogP contribution in [0.15, 0.2) is 63.5 Å². The van der Waals surface area contributed by atoms with Crippen LogP contribution in [0, 0.1) is 6.92 Å². The highest BCUT2D eigenvalue weighted by atomic mass is 79.9. The van der Waals surface area contributed by atoms with Gasteiger partial charge in [-0.3, -0.25) is 10.1 Å². The van der Waals surface area contributed by atoms with Crippen LogP contribution in [-0.4, -0.2) is 28.2 Å². The fourth-order valence-electron chi connectivity index (χ4n) is 3.08. The number of rotatable bonds is 4. The summed E-state index contributed by atoms with van der Waals surface area (Å²) >= 11 is 8.63. The van der Waals surface area contributed by atoms with Crippen LogP contribution < -0.4 is 15.4 Å². The first-order valence-electron chi connectivity index (χ1n) is 9.50. The van der Waals surface area contributed by atoms with Crippen LogP contribution in [0.3, 0.4) is 0 Å². The topological polar surface area (TPSA) is 96.6 Å². The Morgan fingerprint density at radius 1 is 1.16 bits per heavy atom. The number of anilines is 1. The van der Waals surface area contributed by atoms with E-state index in [0.29, 0.717) is 38.1 Å². The zero-order chi connectivity index (χ0) is 22.8. The van der Waals surface area contributed by atoms with Crippen LogP contribution in [0.4, 0.5) is 5.69 Å². The number of methoxy groups -OCH3 is 1. The predicted octanol–water partition coefficient (Wildman–Crippen LogP) is 5.41. The van der Waals surface area contributed by atoms with Gasteiger partial charge in [0.05, 0.1) is 17.1 Å². The number of hydrogen-bond acceptors (Lipinski definition) is 6. The van der Waals surface area contributed by atoms with Crippen LogP contribution >= 0.6 is 28.1 Å². The quantitative estimate of drug-likeness (QED) is 0.249. The second kappa shape index (κ2) is 8.97. The summed E-state index contributed by atoms with van der Waals surface area (Å²) in [6, 6.07) is 15.4. The summed E-state index contributed by atoms with van der Waals surface area (Å²) in [5, 5.41) is 16.0. The van der Waals surface area contributed by atoms with Gasteiger partial charge >= 0.3 is 0 Å². The van der Waals surface area contributed by atoms with E-state index in [1.54, 1.807) is 37.4 Å². The van der Waals surface area contributed by atoms with Crippen molar-refractivity contribution in [1.82, 2.24) is 10.3 Å². The molecule has 0 atom stereocenters. The van der Waals surface area contributed by atoms with Crippen molar-refractivity contribution in [3.63, 3.8) is 0 Å². The number of thiocarbonyl (C=S) groups is 1. The maximum Gasteiger partial charge on any atom is 0.257 e. The molecule has 0 saturated heterocycles. The predicted molar refractivity (Wildman–Crippen MR) is 130 cm³/mol. The number of phenols is 1. The van der Waals surface area contributed by atoms with E-state index in [9.17, 15) is 9.90 Å². The zero-order valence-corrected chi connectivity index (χ0v) is 19.5. The van der Waals surface area contributed by atoms with Crippen LogP contribution in [-0.2, 0) is 0 Å². The molecule has 0 radical (unpaired) electrons. The van der Waals surface area contributed by atoms with Gasteiger partial charge in [0.1, 0.15) is 17.0 Å². The molecule has 0 spiro atoms. The minimum absolute atomic E-state index is 0.0110. The summed E-state index contributed by atoms with van der Waals surface area (Å²) in [4.78, 5) is 16.9. The number of halogens is 1. The number of nitrogens with one attached hydrogen (secondary N) is 2. The first-order chi connectivity index (χ1) is 15.3. The van der Waals surface area contributed by atoms with Gasteiger partial charge in [-0.2, -0.15) is 0 Å². The summed E-state index contributed by atoms with van der Waals surface area (Å²) in [6.45, 7) is 1.96. The number of phenolic OH excluding ortho intramolecular Hbond substituents is 1. The summed E-state index contributed by atoms with van der Waals surface area (Å²) < 4.78 is 11.6. The molecular weight excluding hydrogens is 494 g/mol. The number of hydrogen-bond donors (Lipinski definition) is 3. The van der Waals surface area contributed by atoms with Crippen molar-refractivity contribution in [3.05, 3.63) is 70.2 Å². The third-order valence-corrected chi connectivity index (χ3v) is 5.49. The van der Waals surface area contributed by atoms with Gasteiger partial charge in [-0.1, -0.05) is 6.07 Å². The SMILES string of the molecule is COc1ccc(C(=O)NC(=S)Nc2ccc(O)c(-c3nc4ccc(C)cc4o3)c2)cc1Br. The number of amides is 1. The van der Waals surface area contributed by atoms with Gasteiger partial charge in [0.25, 0.3) is 5.91 Å². The number of ether oxygens (including phenoxy) is 1. The molecule has 0 aliphatic carbocycles. The molecule has 7 nitrogen and oxygen atoms in total. The summed E-state index contributed by atoms with van der Waals surface area (Å²) in [5.41, 5.74) is 3.73. The van der Waals surface area contributed by atoms with Gasteiger partial charge in [0, 0.05) is 11.3 Å². The van der Waals surface area contributed by atoms with Crippen LogP contribution in [0.25, 0.3) is 22.6 Å². The van der Waals surface area contributed by atoms with Gasteiger partial charge in [0.2, 0.25) is 5.89 Å². The Bertz CT molecular complexity index is 1350. The van der Waals surface area contributed by atoms with Crippen molar-refractivity contribution in [1.29, 1.82) is 0 Å². The molecule has 0 fully saturated rings. The fraction of sp³-hybridized carbons (Fsp3) is 0.0870. The average molecular weight is 512 g/mol. The summed E-state index contributed by atoms with van der Waals surface area (Å²) in [6.07, 6.45) is 0. The summed E-state index contributed by atoms with van der Waals surface area (Å²) in [5.74, 6) is 0.536. The minimum Gasteiger partial charge on any atom is -0.507 e. The molecule has 0 unspecified atom stereocenters. The van der Waals surface area contributed by atoms with Crippen molar-refractivity contribution < 1.29 is 19.1 Å². The highest BCUT2D eigenvalue weighted by Gasteiger charge is 2.15. The number of benzene rings is 3. The molecule has 4 aromatic rings. The van der Waals surface area contributed by atoms with E-state index in [-0.39, 0.29) is 22.7 Å². The number of carbonyl (C=O) groups excluding carboxylic acids is 1. The first-order valence-corrected chi connectivity index (χ1v) is 10.7. The molecule has 3 N–H and O–H groups in total. The van der Waals surface area contributed by atoms with E-state index in [1.165, 1.54) is 6.07 Å². The fourth-order valence-corrected chi connectivity index (χ4v) is 3.83. The molecule has 0 saturated carbocycles. The summed E-state index contributed by atoms with van der Waals surface area (Å²) in [7, 11) is 1.55. The molecule has 0 bridgehead atoms. The van der Waals surface area contributed by atoms with Gasteiger partial charge in [-0.15, -0.1) is 0 Å². The Labute approximate surface area is 197 Å². The normalized spacial score (nSPS) is 10.7. The Morgan fingerprint density at radius 3 is 2.72 bits per heavy atom. The number of nitrogens with zero attached hydrogens (tertiary/aromatic N) is 1. The molecule has 3 aromatic carbocycles. The van der Waals surface area contributed by atoms with Crippen LogP contribution in [0.5, 0.6) is 11.5 Å². The molecule has 1 heterocycles. The van der Waals surface area contributed by atoms with Gasteiger partial charge in [-0.05, 0) is 89.2 Å². The van der Waals surface area contributed by atoms with E-state index in [1.807, 2.05) is 25.1 Å². The molecule has 162 valence electrons. The second-order valence-corrected chi connectivity index (χ2v) is 8.24. The van der Waals surface area contributed by atoms with Crippen molar-refractivity contribution in [3.8, 4) is 23.0 Å². The van der Waals surface area contributed by atoms with Gasteiger partial charge in [0.15, 0.2) is 10.7 Å². The molecule has 1 aromatic heterocycles. The third kappa shape index (κ3) is 4.58.